The van der Waals surface area contributed by atoms with E-state index in [1.165, 1.54) is 0 Å². The molecule has 1 amide bonds. The topological polar surface area (TPSA) is 41.6 Å². The molecule has 0 bridgehead atoms. The first kappa shape index (κ1) is 14.8. The third kappa shape index (κ3) is 3.07. The van der Waals surface area contributed by atoms with Crippen LogP contribution in [0, 0.1) is 5.92 Å². The van der Waals surface area contributed by atoms with Gasteiger partial charge in [0.15, 0.2) is 0 Å². The monoisotopic (exact) mass is 308 g/mol. The van der Waals surface area contributed by atoms with Gasteiger partial charge in [0.25, 0.3) is 0 Å². The fraction of sp³-hybridized carbons (Fsp3) is 0.562. The average molecular weight is 309 g/mol. The van der Waals surface area contributed by atoms with Crippen LogP contribution in [0.1, 0.15) is 25.0 Å². The molecule has 0 aromatic heterocycles. The summed E-state index contributed by atoms with van der Waals surface area (Å²) >= 11 is 6.25. The number of hydrogen-bond donors (Lipinski definition) is 1. The van der Waals surface area contributed by atoms with Crippen LogP contribution in [0.4, 0.5) is 0 Å². The number of rotatable bonds is 2. The van der Waals surface area contributed by atoms with Gasteiger partial charge in [-0.25, -0.2) is 0 Å². The zero-order chi connectivity index (χ0) is 14.8. The molecule has 3 rings (SSSR count). The molecular weight excluding hydrogens is 288 g/mol. The van der Waals surface area contributed by atoms with Gasteiger partial charge in [-0.3, -0.25) is 4.79 Å². The van der Waals surface area contributed by atoms with Gasteiger partial charge < -0.3 is 15.0 Å². The molecule has 0 radical (unpaired) electrons. The average Bonchev–Trinajstić information content (AvgIpc) is 3.02. The van der Waals surface area contributed by atoms with Gasteiger partial charge in [-0.05, 0) is 26.0 Å². The van der Waals surface area contributed by atoms with E-state index in [4.69, 9.17) is 16.3 Å². The molecule has 0 aliphatic carbocycles. The Balaban J connectivity index is 1.75. The molecule has 0 unspecified atom stereocenters. The third-order valence-corrected chi connectivity index (χ3v) is 4.72. The van der Waals surface area contributed by atoms with E-state index in [9.17, 15) is 4.79 Å². The Morgan fingerprint density at radius 1 is 1.43 bits per heavy atom. The van der Waals surface area contributed by atoms with Crippen LogP contribution in [0.15, 0.2) is 24.3 Å². The summed E-state index contributed by atoms with van der Waals surface area (Å²) in [4.78, 5) is 14.6. The maximum atomic E-state index is 12.7. The minimum atomic E-state index is -0.131. The first-order valence-electron chi connectivity index (χ1n) is 7.54. The molecule has 1 N–H and O–H groups in total. The number of hydrogen-bond acceptors (Lipinski definition) is 3. The lowest BCUT2D eigenvalue weighted by molar-refractivity contribution is -0.148. The second-order valence-corrected chi connectivity index (χ2v) is 6.28. The van der Waals surface area contributed by atoms with E-state index in [-0.39, 0.29) is 24.0 Å². The largest absolute Gasteiger partial charge is 0.369 e. The quantitative estimate of drug-likeness (QED) is 0.911. The summed E-state index contributed by atoms with van der Waals surface area (Å²) in [5.74, 6) is 0.352. The van der Waals surface area contributed by atoms with Gasteiger partial charge in [0.2, 0.25) is 5.91 Å². The molecule has 21 heavy (non-hydrogen) atoms. The molecule has 2 aliphatic heterocycles. The molecule has 1 aromatic carbocycles. The highest BCUT2D eigenvalue weighted by atomic mass is 35.5. The molecule has 114 valence electrons. The van der Waals surface area contributed by atoms with Crippen molar-refractivity contribution in [2.45, 2.75) is 25.5 Å². The number of carbonyl (C=O) groups is 1. The number of morpholine rings is 1. The smallest absolute Gasteiger partial charge is 0.227 e. The second-order valence-electron chi connectivity index (χ2n) is 5.87. The van der Waals surface area contributed by atoms with Gasteiger partial charge in [-0.15, -0.1) is 0 Å². The summed E-state index contributed by atoms with van der Waals surface area (Å²) in [6.45, 7) is 4.91. The van der Waals surface area contributed by atoms with Crippen LogP contribution in [0.5, 0.6) is 0 Å². The zero-order valence-corrected chi connectivity index (χ0v) is 13.0. The van der Waals surface area contributed by atoms with Crippen molar-refractivity contribution < 1.29 is 9.53 Å². The lowest BCUT2D eigenvalue weighted by Crippen LogP contribution is -2.50. The van der Waals surface area contributed by atoms with Crippen LogP contribution >= 0.6 is 11.6 Å². The maximum Gasteiger partial charge on any atom is 0.227 e. The van der Waals surface area contributed by atoms with Crippen LogP contribution in [0.25, 0.3) is 0 Å². The van der Waals surface area contributed by atoms with E-state index in [1.54, 1.807) is 0 Å². The Labute approximate surface area is 130 Å². The van der Waals surface area contributed by atoms with Gasteiger partial charge in [0.1, 0.15) is 6.10 Å². The van der Waals surface area contributed by atoms with Crippen molar-refractivity contribution in [2.75, 3.05) is 26.2 Å². The fourth-order valence-corrected chi connectivity index (χ4v) is 3.35. The van der Waals surface area contributed by atoms with Crippen LogP contribution in [-0.4, -0.2) is 43.1 Å². The zero-order valence-electron chi connectivity index (χ0n) is 12.2. The highest BCUT2D eigenvalue weighted by molar-refractivity contribution is 6.31. The van der Waals surface area contributed by atoms with Crippen molar-refractivity contribution >= 4 is 17.5 Å². The summed E-state index contributed by atoms with van der Waals surface area (Å²) in [6, 6.07) is 7.82. The molecule has 2 saturated heterocycles. The van der Waals surface area contributed by atoms with Crippen molar-refractivity contribution in [3.63, 3.8) is 0 Å². The summed E-state index contributed by atoms with van der Waals surface area (Å²) in [5.41, 5.74) is 0.966. The molecule has 4 nitrogen and oxygen atoms in total. The summed E-state index contributed by atoms with van der Waals surface area (Å²) < 4.78 is 5.91. The van der Waals surface area contributed by atoms with Gasteiger partial charge in [-0.1, -0.05) is 29.8 Å². The van der Waals surface area contributed by atoms with E-state index >= 15 is 0 Å². The maximum absolute atomic E-state index is 12.7. The number of nitrogens with zero attached hydrogens (tertiary/aromatic N) is 1. The van der Waals surface area contributed by atoms with E-state index in [2.05, 4.69) is 5.32 Å². The molecule has 3 atom stereocenters. The summed E-state index contributed by atoms with van der Waals surface area (Å²) in [5, 5.41) is 3.96. The summed E-state index contributed by atoms with van der Waals surface area (Å²) in [6.07, 6.45) is 0.799. The van der Waals surface area contributed by atoms with E-state index < -0.39 is 0 Å². The number of halogens is 1. The number of ether oxygens (including phenoxy) is 1. The molecular formula is C16H21ClN2O2. The molecule has 2 heterocycles. The normalized spacial score (nSPS) is 29.6. The summed E-state index contributed by atoms with van der Waals surface area (Å²) in [7, 11) is 0. The van der Waals surface area contributed by atoms with Crippen molar-refractivity contribution in [1.82, 2.24) is 10.2 Å². The second kappa shape index (κ2) is 6.34. The Morgan fingerprint density at radius 3 is 2.95 bits per heavy atom. The minimum absolute atomic E-state index is 0.109. The first-order chi connectivity index (χ1) is 10.2. The van der Waals surface area contributed by atoms with Crippen molar-refractivity contribution in [2.24, 2.45) is 5.92 Å². The predicted molar refractivity (Wildman–Crippen MR) is 82.3 cm³/mol. The van der Waals surface area contributed by atoms with Gasteiger partial charge in [0, 0.05) is 17.1 Å². The van der Waals surface area contributed by atoms with Crippen molar-refractivity contribution in [1.29, 1.82) is 0 Å². The van der Waals surface area contributed by atoms with E-state index in [0.717, 1.165) is 25.1 Å². The number of amides is 1. The van der Waals surface area contributed by atoms with Gasteiger partial charge in [-0.2, -0.15) is 0 Å². The SMILES string of the molecule is C[C@@H]1CO[C@H](c2ccccc2Cl)CN1C(=O)[C@@H]1CCNC1. The van der Waals surface area contributed by atoms with Crippen molar-refractivity contribution in [3.8, 4) is 0 Å². The first-order valence-corrected chi connectivity index (χ1v) is 7.92. The lowest BCUT2D eigenvalue weighted by Gasteiger charge is -2.39. The van der Waals surface area contributed by atoms with Crippen LogP contribution in [0.3, 0.4) is 0 Å². The Bertz CT molecular complexity index is 517. The Hall–Kier alpha value is -1.10. The van der Waals surface area contributed by atoms with Gasteiger partial charge in [0.05, 0.1) is 25.1 Å². The lowest BCUT2D eigenvalue weighted by atomic mass is 10.0. The molecule has 0 spiro atoms. The molecule has 0 saturated carbocycles. The number of benzene rings is 1. The van der Waals surface area contributed by atoms with Crippen LogP contribution in [-0.2, 0) is 9.53 Å². The van der Waals surface area contributed by atoms with Crippen LogP contribution in [0.2, 0.25) is 5.02 Å². The molecule has 2 fully saturated rings. The van der Waals surface area contributed by atoms with Gasteiger partial charge >= 0.3 is 0 Å². The predicted octanol–water partition coefficient (Wildman–Crippen LogP) is 2.24. The third-order valence-electron chi connectivity index (χ3n) is 4.38. The highest BCUT2D eigenvalue weighted by Gasteiger charge is 2.35. The minimum Gasteiger partial charge on any atom is -0.369 e. The number of carbonyl (C=O) groups excluding carboxylic acids is 1. The van der Waals surface area contributed by atoms with E-state index in [1.807, 2.05) is 36.1 Å². The van der Waals surface area contributed by atoms with E-state index in [0.29, 0.717) is 18.2 Å². The highest BCUT2D eigenvalue weighted by Crippen LogP contribution is 2.31. The molecule has 2 aliphatic rings. The standard InChI is InChI=1S/C16H21ClN2O2/c1-11-10-21-15(13-4-2-3-5-14(13)17)9-19(11)16(20)12-6-7-18-8-12/h2-5,11-12,15,18H,6-10H2,1H3/t11-,12-,15+/m1/s1. The van der Waals surface area contributed by atoms with Crippen LogP contribution < -0.4 is 5.32 Å². The molecule has 5 heteroatoms. The Morgan fingerprint density at radius 2 is 2.24 bits per heavy atom. The number of nitrogens with one attached hydrogen (secondary N) is 1. The molecule has 1 aromatic rings. The van der Waals surface area contributed by atoms with Crippen molar-refractivity contribution in [3.05, 3.63) is 34.9 Å². The Kier molecular flexibility index (Phi) is 4.48. The fourth-order valence-electron chi connectivity index (χ4n) is 3.09.